The molecule has 0 saturated heterocycles. The highest BCUT2D eigenvalue weighted by Gasteiger charge is 2.22. The Morgan fingerprint density at radius 1 is 0.500 bits per heavy atom. The van der Waals surface area contributed by atoms with E-state index in [-0.39, 0.29) is 19.4 Å². The lowest BCUT2D eigenvalue weighted by molar-refractivity contribution is -0.161. The van der Waals surface area contributed by atoms with Gasteiger partial charge in [-0.25, -0.2) is 4.57 Å². The summed E-state index contributed by atoms with van der Waals surface area (Å²) >= 11 is 0. The number of rotatable bonds is 35. The van der Waals surface area contributed by atoms with E-state index in [1.165, 1.54) is 25.7 Å². The minimum absolute atomic E-state index is 0.131. The second-order valence-corrected chi connectivity index (χ2v) is 14.1. The average molecular weight is 771 g/mol. The first-order valence-corrected chi connectivity index (χ1v) is 21.7. The largest absolute Gasteiger partial charge is 0.469 e. The summed E-state index contributed by atoms with van der Waals surface area (Å²) in [5.41, 5.74) is 0. The molecule has 2 N–H and O–H groups in total. The highest BCUT2D eigenvalue weighted by atomic mass is 31.2. The predicted octanol–water partition coefficient (Wildman–Crippen LogP) is 12.4. The Balaban J connectivity index is 4.15. The van der Waals surface area contributed by atoms with Gasteiger partial charge >= 0.3 is 19.8 Å². The average Bonchev–Trinajstić information content (AvgIpc) is 3.14. The Morgan fingerprint density at radius 3 is 1.39 bits per heavy atom. The lowest BCUT2D eigenvalue weighted by atomic mass is 10.1. The third-order valence-electron chi connectivity index (χ3n) is 7.79. The first-order chi connectivity index (χ1) is 26.3. The maximum atomic E-state index is 12.4. The maximum Gasteiger partial charge on any atom is 0.469 e. The van der Waals surface area contributed by atoms with Crippen LogP contribution in [-0.4, -0.2) is 41.0 Å². The van der Waals surface area contributed by atoms with Gasteiger partial charge in [0.2, 0.25) is 0 Å². The van der Waals surface area contributed by atoms with Gasteiger partial charge in [0.15, 0.2) is 6.10 Å². The normalized spacial score (nSPS) is 13.6. The Kier molecular flexibility index (Phi) is 37.0. The lowest BCUT2D eigenvalue weighted by Gasteiger charge is -2.18. The van der Waals surface area contributed by atoms with Crippen LogP contribution in [0.1, 0.15) is 142 Å². The van der Waals surface area contributed by atoms with Crippen LogP contribution in [0.15, 0.2) is 109 Å². The van der Waals surface area contributed by atoms with Crippen molar-refractivity contribution in [3.8, 4) is 0 Å². The standard InChI is InChI=1S/C45H71O8P/c1-3-5-7-9-11-13-15-17-19-21-22-24-25-27-29-31-33-35-37-39-44(46)51-41-43(42-52-54(48,49)50)53-45(47)40-38-36-34-32-30-28-26-23-20-18-16-14-12-10-8-6-4-2/h6,8,11-14,17-20,22,24,26-29,33,35,43H,3-5,7,9-10,15-16,21,23,25,30-32,34,36-42H2,1-2H3,(H2,48,49,50)/b8-6-,13-11-,14-12-,19-17-,20-18-,24-22-,28-26-,29-27-,35-33-/t43-/m1/s1. The molecular formula is C45H71O8P. The van der Waals surface area contributed by atoms with Gasteiger partial charge in [-0.1, -0.05) is 149 Å². The summed E-state index contributed by atoms with van der Waals surface area (Å²) in [4.78, 5) is 42.8. The van der Waals surface area contributed by atoms with Gasteiger partial charge in [0, 0.05) is 12.8 Å². The van der Waals surface area contributed by atoms with Crippen LogP contribution in [0.5, 0.6) is 0 Å². The van der Waals surface area contributed by atoms with Gasteiger partial charge in [0.25, 0.3) is 0 Å². The van der Waals surface area contributed by atoms with E-state index >= 15 is 0 Å². The smallest absolute Gasteiger partial charge is 0.462 e. The molecule has 304 valence electrons. The second kappa shape index (κ2) is 39.4. The SMILES string of the molecule is CC/C=C\C/C=C\C/C=C\C/C=C\CCCCCCC(=O)O[C@H](COC(=O)CC/C=C\C/C=C\C/C=C\C/C=C\C/C=C\CCCCC)COP(=O)(O)O. The number of esters is 2. The van der Waals surface area contributed by atoms with Crippen molar-refractivity contribution in [2.75, 3.05) is 13.2 Å². The fourth-order valence-corrected chi connectivity index (χ4v) is 5.18. The maximum absolute atomic E-state index is 12.4. The van der Waals surface area contributed by atoms with E-state index in [1.807, 2.05) is 12.2 Å². The number of ether oxygens (including phenoxy) is 2. The number of hydrogen-bond acceptors (Lipinski definition) is 6. The zero-order valence-corrected chi connectivity index (χ0v) is 34.2. The van der Waals surface area contributed by atoms with Crippen molar-refractivity contribution < 1.29 is 37.9 Å². The minimum Gasteiger partial charge on any atom is -0.462 e. The highest BCUT2D eigenvalue weighted by molar-refractivity contribution is 7.46. The molecule has 0 aromatic carbocycles. The molecule has 0 bridgehead atoms. The van der Waals surface area contributed by atoms with Crippen LogP contribution in [0.25, 0.3) is 0 Å². The van der Waals surface area contributed by atoms with Crippen molar-refractivity contribution in [2.24, 2.45) is 0 Å². The number of carbonyl (C=O) groups is 2. The molecule has 0 fully saturated rings. The van der Waals surface area contributed by atoms with Gasteiger partial charge in [-0.3, -0.25) is 14.1 Å². The van der Waals surface area contributed by atoms with Crippen molar-refractivity contribution in [1.29, 1.82) is 0 Å². The molecule has 0 aliphatic rings. The minimum atomic E-state index is -4.78. The van der Waals surface area contributed by atoms with E-state index in [1.54, 1.807) is 0 Å². The Morgan fingerprint density at radius 2 is 0.926 bits per heavy atom. The van der Waals surface area contributed by atoms with Crippen molar-refractivity contribution in [3.63, 3.8) is 0 Å². The first-order valence-electron chi connectivity index (χ1n) is 20.2. The van der Waals surface area contributed by atoms with Crippen molar-refractivity contribution >= 4 is 19.8 Å². The Hall–Kier alpha value is -3.29. The van der Waals surface area contributed by atoms with Gasteiger partial charge < -0.3 is 19.3 Å². The monoisotopic (exact) mass is 770 g/mol. The second-order valence-electron chi connectivity index (χ2n) is 12.9. The molecule has 0 amide bonds. The fraction of sp³-hybridized carbons (Fsp3) is 0.556. The van der Waals surface area contributed by atoms with Gasteiger partial charge in [-0.05, 0) is 89.9 Å². The molecule has 0 heterocycles. The number of phosphoric ester groups is 1. The molecule has 0 unspecified atom stereocenters. The van der Waals surface area contributed by atoms with Crippen LogP contribution < -0.4 is 0 Å². The molecule has 9 heteroatoms. The van der Waals surface area contributed by atoms with E-state index in [0.29, 0.717) is 12.8 Å². The summed E-state index contributed by atoms with van der Waals surface area (Å²) in [6, 6.07) is 0. The summed E-state index contributed by atoms with van der Waals surface area (Å²) in [5.74, 6) is -1.02. The third kappa shape index (κ3) is 41.5. The summed E-state index contributed by atoms with van der Waals surface area (Å²) in [6.45, 7) is 3.44. The molecule has 8 nitrogen and oxygen atoms in total. The summed E-state index contributed by atoms with van der Waals surface area (Å²) < 4.78 is 26.3. The topological polar surface area (TPSA) is 119 Å². The number of carbonyl (C=O) groups excluding carboxylic acids is 2. The number of hydrogen-bond donors (Lipinski definition) is 2. The molecule has 0 radical (unpaired) electrons. The van der Waals surface area contributed by atoms with Crippen LogP contribution in [0.2, 0.25) is 0 Å². The third-order valence-corrected chi connectivity index (χ3v) is 8.27. The van der Waals surface area contributed by atoms with Crippen molar-refractivity contribution in [2.45, 2.75) is 148 Å². The van der Waals surface area contributed by atoms with Gasteiger partial charge in [0.05, 0.1) is 6.61 Å². The molecular weight excluding hydrogens is 699 g/mol. The Labute approximate surface area is 327 Å². The highest BCUT2D eigenvalue weighted by Crippen LogP contribution is 2.35. The predicted molar refractivity (Wildman–Crippen MR) is 225 cm³/mol. The van der Waals surface area contributed by atoms with Gasteiger partial charge in [-0.2, -0.15) is 0 Å². The Bertz CT molecular complexity index is 1230. The molecule has 0 aliphatic heterocycles. The molecule has 0 saturated carbocycles. The van der Waals surface area contributed by atoms with E-state index in [4.69, 9.17) is 19.3 Å². The molecule has 0 rings (SSSR count). The molecule has 1 atom stereocenters. The molecule has 0 aromatic rings. The van der Waals surface area contributed by atoms with E-state index < -0.39 is 32.5 Å². The van der Waals surface area contributed by atoms with Gasteiger partial charge in [0.1, 0.15) is 6.61 Å². The summed E-state index contributed by atoms with van der Waals surface area (Å²) in [5, 5.41) is 0. The van der Waals surface area contributed by atoms with Gasteiger partial charge in [-0.15, -0.1) is 0 Å². The number of unbranched alkanes of at least 4 members (excludes halogenated alkanes) is 7. The van der Waals surface area contributed by atoms with Crippen LogP contribution >= 0.6 is 7.82 Å². The van der Waals surface area contributed by atoms with Crippen LogP contribution in [0.4, 0.5) is 0 Å². The summed E-state index contributed by atoms with van der Waals surface area (Å²) in [6.07, 6.45) is 55.3. The number of phosphoric acid groups is 1. The fourth-order valence-electron chi connectivity index (χ4n) is 4.82. The molecule has 54 heavy (non-hydrogen) atoms. The molecule has 0 aliphatic carbocycles. The van der Waals surface area contributed by atoms with Crippen LogP contribution in [0, 0.1) is 0 Å². The summed E-state index contributed by atoms with van der Waals surface area (Å²) in [7, 11) is -4.78. The van der Waals surface area contributed by atoms with Crippen LogP contribution in [0.3, 0.4) is 0 Å². The van der Waals surface area contributed by atoms with E-state index in [9.17, 15) is 14.2 Å². The van der Waals surface area contributed by atoms with Crippen LogP contribution in [-0.2, 0) is 28.2 Å². The quantitative estimate of drug-likeness (QED) is 0.0283. The first kappa shape index (κ1) is 50.7. The number of allylic oxidation sites excluding steroid dienone is 18. The zero-order valence-electron chi connectivity index (χ0n) is 33.3. The zero-order chi connectivity index (χ0) is 39.6. The van der Waals surface area contributed by atoms with E-state index in [2.05, 4.69) is 116 Å². The molecule has 0 aromatic heterocycles. The molecule has 0 spiro atoms. The van der Waals surface area contributed by atoms with Crippen molar-refractivity contribution in [3.05, 3.63) is 109 Å². The van der Waals surface area contributed by atoms with E-state index in [0.717, 1.165) is 77.0 Å². The van der Waals surface area contributed by atoms with Crippen molar-refractivity contribution in [1.82, 2.24) is 0 Å². The lowest BCUT2D eigenvalue weighted by Crippen LogP contribution is -2.29.